The Morgan fingerprint density at radius 1 is 1.27 bits per heavy atom. The van der Waals surface area contributed by atoms with Crippen molar-refractivity contribution in [1.82, 2.24) is 4.98 Å². The number of halogens is 1. The van der Waals surface area contributed by atoms with Crippen LogP contribution in [0.25, 0.3) is 0 Å². The quantitative estimate of drug-likeness (QED) is 0.693. The highest BCUT2D eigenvalue weighted by molar-refractivity contribution is 6.04. The van der Waals surface area contributed by atoms with Crippen LogP contribution >= 0.6 is 0 Å². The molecule has 7 nitrogen and oxygen atoms in total. The molecule has 0 unspecified atom stereocenters. The topological polar surface area (TPSA) is 78.0 Å². The van der Waals surface area contributed by atoms with Crippen molar-refractivity contribution in [2.45, 2.75) is 38.4 Å². The van der Waals surface area contributed by atoms with Gasteiger partial charge >= 0.3 is 0 Å². The predicted octanol–water partition coefficient (Wildman–Crippen LogP) is 2.95. The maximum absolute atomic E-state index is 14.4. The van der Waals surface area contributed by atoms with Crippen LogP contribution < -0.4 is 14.4 Å². The van der Waals surface area contributed by atoms with Gasteiger partial charge in [-0.3, -0.25) is 9.59 Å². The van der Waals surface area contributed by atoms with Gasteiger partial charge < -0.3 is 19.1 Å². The van der Waals surface area contributed by atoms with Crippen LogP contribution in [0.3, 0.4) is 0 Å². The number of hydrogen-bond acceptors (Lipinski definition) is 6. The number of Topliss-reactive ketones (excluding diaryl/α,β-unsaturated/α-hetero) is 1. The van der Waals surface area contributed by atoms with Crippen molar-refractivity contribution in [2.75, 3.05) is 25.2 Å². The number of carbonyl (C=O) groups is 2. The molecule has 4 rings (SSSR count). The molecule has 1 aliphatic heterocycles. The molecule has 1 fully saturated rings. The highest BCUT2D eigenvalue weighted by Crippen LogP contribution is 2.32. The van der Waals surface area contributed by atoms with E-state index in [0.29, 0.717) is 60.9 Å². The number of benzene rings is 1. The van der Waals surface area contributed by atoms with E-state index in [2.05, 4.69) is 4.98 Å². The average molecular weight is 414 g/mol. The van der Waals surface area contributed by atoms with Crippen molar-refractivity contribution in [1.29, 1.82) is 0 Å². The Balaban J connectivity index is 1.41. The highest BCUT2D eigenvalue weighted by Gasteiger charge is 2.36. The Labute approximate surface area is 173 Å². The molecule has 1 saturated heterocycles. The zero-order valence-corrected chi connectivity index (χ0v) is 16.9. The van der Waals surface area contributed by atoms with Crippen LogP contribution in [0.4, 0.5) is 10.1 Å². The number of aromatic nitrogens is 1. The van der Waals surface area contributed by atoms with E-state index in [1.165, 1.54) is 17.2 Å². The maximum Gasteiger partial charge on any atom is 0.268 e. The van der Waals surface area contributed by atoms with Gasteiger partial charge in [0.1, 0.15) is 18.2 Å². The van der Waals surface area contributed by atoms with E-state index >= 15 is 0 Å². The van der Waals surface area contributed by atoms with Gasteiger partial charge in [0.25, 0.3) is 5.91 Å². The summed E-state index contributed by atoms with van der Waals surface area (Å²) in [7, 11) is 1.61. The predicted molar refractivity (Wildman–Crippen MR) is 107 cm³/mol. The third-order valence-corrected chi connectivity index (χ3v) is 5.41. The molecule has 2 atom stereocenters. The molecule has 2 aliphatic rings. The summed E-state index contributed by atoms with van der Waals surface area (Å²) in [4.78, 5) is 30.4. The normalized spacial score (nSPS) is 19.2. The van der Waals surface area contributed by atoms with E-state index < -0.39 is 11.9 Å². The van der Waals surface area contributed by atoms with Crippen molar-refractivity contribution < 1.29 is 28.2 Å². The average Bonchev–Trinajstić information content (AvgIpc) is 3.30. The smallest absolute Gasteiger partial charge is 0.268 e. The molecule has 158 valence electrons. The molecule has 1 aromatic carbocycles. The number of ether oxygens (including phenoxy) is 3. The Morgan fingerprint density at radius 3 is 2.83 bits per heavy atom. The third-order valence-electron chi connectivity index (χ3n) is 5.41. The first-order valence-corrected chi connectivity index (χ1v) is 9.91. The van der Waals surface area contributed by atoms with E-state index in [0.717, 1.165) is 0 Å². The minimum atomic E-state index is -0.695. The zero-order valence-electron chi connectivity index (χ0n) is 16.9. The number of nitrogens with zero attached hydrogens (tertiary/aromatic N) is 2. The van der Waals surface area contributed by atoms with Crippen molar-refractivity contribution in [3.05, 3.63) is 47.4 Å². The Kier molecular flexibility index (Phi) is 5.67. The molecular weight excluding hydrogens is 391 g/mol. The molecule has 0 N–H and O–H groups in total. The monoisotopic (exact) mass is 414 g/mol. The number of carbonyl (C=O) groups excluding carboxylic acids is 2. The first-order valence-electron chi connectivity index (χ1n) is 9.91. The van der Waals surface area contributed by atoms with Crippen molar-refractivity contribution >= 4 is 17.4 Å². The van der Waals surface area contributed by atoms with Gasteiger partial charge in [0, 0.05) is 43.8 Å². The molecule has 1 aromatic heterocycles. The van der Waals surface area contributed by atoms with E-state index in [1.807, 2.05) is 6.92 Å². The minimum Gasteiger partial charge on any atom is -0.479 e. The molecule has 0 radical (unpaired) electrons. The molecule has 8 heteroatoms. The number of rotatable bonds is 7. The number of methoxy groups -OCH3 is 1. The lowest BCUT2D eigenvalue weighted by Crippen LogP contribution is -2.32. The third kappa shape index (κ3) is 4.00. The largest absolute Gasteiger partial charge is 0.479 e. The van der Waals surface area contributed by atoms with Crippen molar-refractivity contribution in [2.24, 2.45) is 0 Å². The zero-order chi connectivity index (χ0) is 21.3. The molecule has 30 heavy (non-hydrogen) atoms. The van der Waals surface area contributed by atoms with Crippen LogP contribution in [-0.2, 0) is 16.0 Å². The van der Waals surface area contributed by atoms with Crippen molar-refractivity contribution in [3.63, 3.8) is 0 Å². The number of fused-ring (bicyclic) bond motifs is 1. The van der Waals surface area contributed by atoms with Gasteiger partial charge in [-0.1, -0.05) is 0 Å². The summed E-state index contributed by atoms with van der Waals surface area (Å²) < 4.78 is 30.8. The molecule has 0 saturated carbocycles. The van der Waals surface area contributed by atoms with Gasteiger partial charge in [-0.05, 0) is 37.1 Å². The number of amides is 1. The molecular formula is C22H23FN2O5. The summed E-state index contributed by atoms with van der Waals surface area (Å²) in [5.41, 5.74) is 1.22. The Morgan fingerprint density at radius 2 is 2.10 bits per heavy atom. The second-order valence-electron chi connectivity index (χ2n) is 7.45. The van der Waals surface area contributed by atoms with Gasteiger partial charge in [0.05, 0.1) is 12.3 Å². The highest BCUT2D eigenvalue weighted by atomic mass is 19.1. The molecule has 0 spiro atoms. The molecule has 2 aromatic rings. The second-order valence-corrected chi connectivity index (χ2v) is 7.45. The SMILES string of the molecule is CO[C@@H](C)COc1ccc(O[C@@H]2CCN(c3cc(F)c4c(c3)C(=O)CC4)C2=O)cn1. The standard InChI is InChI=1S/C22H23FN2O5/c1-13(28-2)12-29-21-6-3-15(11-24-21)30-20-7-8-25(22(20)27)14-9-17-16(18(23)10-14)4-5-19(17)26/h3,6,9-11,13,20H,4-5,7-8,12H2,1-2H3/t13-,20+/m0/s1. The van der Waals surface area contributed by atoms with Gasteiger partial charge in [-0.25, -0.2) is 9.37 Å². The molecule has 0 bridgehead atoms. The summed E-state index contributed by atoms with van der Waals surface area (Å²) >= 11 is 0. The number of pyridine rings is 1. The Hall–Kier alpha value is -3.00. The van der Waals surface area contributed by atoms with E-state index in [1.54, 1.807) is 25.3 Å². The number of ketones is 1. The molecule has 1 aliphatic carbocycles. The second kappa shape index (κ2) is 8.39. The lowest BCUT2D eigenvalue weighted by Gasteiger charge is -2.18. The van der Waals surface area contributed by atoms with Crippen LogP contribution in [0.15, 0.2) is 30.5 Å². The minimum absolute atomic E-state index is 0.0517. The van der Waals surface area contributed by atoms with Crippen LogP contribution in [-0.4, -0.2) is 49.1 Å². The van der Waals surface area contributed by atoms with Crippen LogP contribution in [0.1, 0.15) is 35.7 Å². The summed E-state index contributed by atoms with van der Waals surface area (Å²) in [5, 5.41) is 0. The van der Waals surface area contributed by atoms with Gasteiger partial charge in [-0.15, -0.1) is 0 Å². The lowest BCUT2D eigenvalue weighted by molar-refractivity contribution is -0.122. The van der Waals surface area contributed by atoms with Crippen LogP contribution in [0.5, 0.6) is 11.6 Å². The lowest BCUT2D eigenvalue weighted by atomic mass is 10.1. The molecule has 2 heterocycles. The summed E-state index contributed by atoms with van der Waals surface area (Å²) in [5.74, 6) is 0.0853. The fraction of sp³-hybridized carbons (Fsp3) is 0.409. The van der Waals surface area contributed by atoms with Crippen LogP contribution in [0.2, 0.25) is 0 Å². The van der Waals surface area contributed by atoms with Crippen molar-refractivity contribution in [3.8, 4) is 11.6 Å². The first kappa shape index (κ1) is 20.3. The van der Waals surface area contributed by atoms with E-state index in [4.69, 9.17) is 14.2 Å². The fourth-order valence-electron chi connectivity index (χ4n) is 3.63. The van der Waals surface area contributed by atoms with E-state index in [9.17, 15) is 14.0 Å². The molecule has 1 amide bonds. The van der Waals surface area contributed by atoms with Gasteiger partial charge in [0.15, 0.2) is 11.9 Å². The number of hydrogen-bond donors (Lipinski definition) is 0. The summed E-state index contributed by atoms with van der Waals surface area (Å²) in [6.45, 7) is 2.65. The maximum atomic E-state index is 14.4. The summed E-state index contributed by atoms with van der Waals surface area (Å²) in [6.07, 6.45) is 1.93. The fourth-order valence-corrected chi connectivity index (χ4v) is 3.63. The Bertz CT molecular complexity index is 963. The van der Waals surface area contributed by atoms with E-state index in [-0.39, 0.29) is 17.8 Å². The number of anilines is 1. The van der Waals surface area contributed by atoms with Gasteiger partial charge in [-0.2, -0.15) is 0 Å². The first-order chi connectivity index (χ1) is 14.5. The van der Waals surface area contributed by atoms with Gasteiger partial charge in [0.2, 0.25) is 5.88 Å². The van der Waals surface area contributed by atoms with Crippen LogP contribution in [0, 0.1) is 5.82 Å². The summed E-state index contributed by atoms with van der Waals surface area (Å²) in [6, 6.07) is 6.29.